The second-order valence-electron chi connectivity index (χ2n) is 7.71. The van der Waals surface area contributed by atoms with Crippen LogP contribution in [0.2, 0.25) is 0 Å². The number of aryl methyl sites for hydroxylation is 1. The number of Topliss-reactive ketones (excluding diaryl/α,β-unsaturated/α-hetero) is 1. The van der Waals surface area contributed by atoms with Gasteiger partial charge in [-0.1, -0.05) is 18.2 Å². The van der Waals surface area contributed by atoms with Crippen LogP contribution in [0.4, 0.5) is 5.82 Å². The van der Waals surface area contributed by atoms with E-state index < -0.39 is 0 Å². The lowest BCUT2D eigenvalue weighted by Gasteiger charge is -2.34. The minimum absolute atomic E-state index is 0.119. The number of aromatic nitrogens is 1. The van der Waals surface area contributed by atoms with E-state index in [1.165, 1.54) is 0 Å². The van der Waals surface area contributed by atoms with Crippen LogP contribution in [0.15, 0.2) is 70.0 Å². The van der Waals surface area contributed by atoms with Crippen molar-refractivity contribution in [3.8, 4) is 0 Å². The molecule has 2 heterocycles. The van der Waals surface area contributed by atoms with Crippen molar-refractivity contribution in [2.45, 2.75) is 43.9 Å². The van der Waals surface area contributed by atoms with E-state index in [-0.39, 0.29) is 17.6 Å². The SMILES string of the molecule is CSc1ccc(C2C(C(=O)Nc3ccc(C)cn3)=C(C)NC3=C2C(=O)CCC3)cc1. The summed E-state index contributed by atoms with van der Waals surface area (Å²) >= 11 is 1.67. The molecule has 1 amide bonds. The van der Waals surface area contributed by atoms with Crippen LogP contribution in [0.5, 0.6) is 0 Å². The Morgan fingerprint density at radius 2 is 1.90 bits per heavy atom. The number of anilines is 1. The van der Waals surface area contributed by atoms with Gasteiger partial charge in [0.25, 0.3) is 5.91 Å². The summed E-state index contributed by atoms with van der Waals surface area (Å²) < 4.78 is 0. The maximum Gasteiger partial charge on any atom is 0.255 e. The molecule has 1 unspecified atom stereocenters. The molecule has 0 radical (unpaired) electrons. The minimum atomic E-state index is -0.379. The lowest BCUT2D eigenvalue weighted by Crippen LogP contribution is -2.35. The van der Waals surface area contributed by atoms with E-state index in [1.54, 1.807) is 24.0 Å². The zero-order chi connectivity index (χ0) is 21.3. The van der Waals surface area contributed by atoms with Crippen molar-refractivity contribution in [2.75, 3.05) is 11.6 Å². The third kappa shape index (κ3) is 3.92. The summed E-state index contributed by atoms with van der Waals surface area (Å²) in [5.41, 5.74) is 5.02. The Hall–Kier alpha value is -2.86. The van der Waals surface area contributed by atoms with Crippen molar-refractivity contribution in [1.82, 2.24) is 10.3 Å². The predicted octanol–water partition coefficient (Wildman–Crippen LogP) is 4.72. The zero-order valence-electron chi connectivity index (χ0n) is 17.4. The van der Waals surface area contributed by atoms with E-state index >= 15 is 0 Å². The summed E-state index contributed by atoms with van der Waals surface area (Å²) in [5, 5.41) is 6.27. The number of pyridine rings is 1. The van der Waals surface area contributed by atoms with Gasteiger partial charge in [-0.25, -0.2) is 4.98 Å². The molecule has 30 heavy (non-hydrogen) atoms. The van der Waals surface area contributed by atoms with Gasteiger partial charge in [0, 0.05) is 46.0 Å². The Labute approximate surface area is 181 Å². The number of benzene rings is 1. The minimum Gasteiger partial charge on any atom is -0.362 e. The zero-order valence-corrected chi connectivity index (χ0v) is 18.2. The van der Waals surface area contributed by atoms with Gasteiger partial charge in [-0.05, 0) is 62.3 Å². The first-order chi connectivity index (χ1) is 14.5. The van der Waals surface area contributed by atoms with Crippen molar-refractivity contribution >= 4 is 29.3 Å². The van der Waals surface area contributed by atoms with Crippen LogP contribution in [0, 0.1) is 6.92 Å². The number of allylic oxidation sites excluding steroid dienone is 3. The molecule has 6 heteroatoms. The van der Waals surface area contributed by atoms with Crippen molar-refractivity contribution in [3.63, 3.8) is 0 Å². The van der Waals surface area contributed by atoms with Crippen LogP contribution in [-0.2, 0) is 9.59 Å². The normalized spacial score (nSPS) is 18.8. The first-order valence-corrected chi connectivity index (χ1v) is 11.3. The summed E-state index contributed by atoms with van der Waals surface area (Å²) in [6.45, 7) is 3.86. The van der Waals surface area contributed by atoms with E-state index in [4.69, 9.17) is 0 Å². The molecule has 0 saturated heterocycles. The summed E-state index contributed by atoms with van der Waals surface area (Å²) in [4.78, 5) is 31.7. The summed E-state index contributed by atoms with van der Waals surface area (Å²) in [6, 6.07) is 11.8. The molecule has 0 fully saturated rings. The lowest BCUT2D eigenvalue weighted by atomic mass is 9.75. The van der Waals surface area contributed by atoms with Gasteiger partial charge in [0.2, 0.25) is 0 Å². The maximum absolute atomic E-state index is 13.4. The molecule has 1 aromatic heterocycles. The monoisotopic (exact) mass is 419 g/mol. The summed E-state index contributed by atoms with van der Waals surface area (Å²) in [5.74, 6) is 0.00158. The molecule has 0 saturated carbocycles. The van der Waals surface area contributed by atoms with Crippen LogP contribution >= 0.6 is 11.8 Å². The first kappa shape index (κ1) is 20.4. The molecular formula is C24H25N3O2S. The van der Waals surface area contributed by atoms with Crippen molar-refractivity contribution < 1.29 is 9.59 Å². The van der Waals surface area contributed by atoms with Gasteiger partial charge in [-0.3, -0.25) is 9.59 Å². The molecule has 5 nitrogen and oxygen atoms in total. The Kier molecular flexibility index (Phi) is 5.77. The number of thioether (sulfide) groups is 1. The van der Waals surface area contributed by atoms with Crippen molar-refractivity contribution in [3.05, 3.63) is 76.3 Å². The highest BCUT2D eigenvalue weighted by molar-refractivity contribution is 7.98. The van der Waals surface area contributed by atoms with Gasteiger partial charge in [-0.2, -0.15) is 0 Å². The van der Waals surface area contributed by atoms with Gasteiger partial charge in [0.1, 0.15) is 5.82 Å². The van der Waals surface area contributed by atoms with Crippen molar-refractivity contribution in [2.24, 2.45) is 0 Å². The Morgan fingerprint density at radius 3 is 2.57 bits per heavy atom. The smallest absolute Gasteiger partial charge is 0.255 e. The lowest BCUT2D eigenvalue weighted by molar-refractivity contribution is -0.116. The maximum atomic E-state index is 13.4. The molecule has 1 aliphatic carbocycles. The number of dihydropyridines is 1. The molecule has 0 bridgehead atoms. The highest BCUT2D eigenvalue weighted by Crippen LogP contribution is 2.42. The fraction of sp³-hybridized carbons (Fsp3) is 0.292. The largest absolute Gasteiger partial charge is 0.362 e. The second kappa shape index (κ2) is 8.48. The number of hydrogen-bond donors (Lipinski definition) is 2. The molecule has 1 aromatic carbocycles. The average molecular weight is 420 g/mol. The molecule has 4 rings (SSSR count). The number of amides is 1. The summed E-state index contributed by atoms with van der Waals surface area (Å²) in [7, 11) is 0. The number of nitrogens with one attached hydrogen (secondary N) is 2. The van der Waals surface area contributed by atoms with Crippen LogP contribution in [0.3, 0.4) is 0 Å². The van der Waals surface area contributed by atoms with Gasteiger partial charge in [0.05, 0.1) is 0 Å². The Balaban J connectivity index is 1.76. The predicted molar refractivity (Wildman–Crippen MR) is 120 cm³/mol. The summed E-state index contributed by atoms with van der Waals surface area (Å²) in [6.07, 6.45) is 5.94. The second-order valence-corrected chi connectivity index (χ2v) is 8.59. The topological polar surface area (TPSA) is 71.1 Å². The van der Waals surface area contributed by atoms with E-state index in [0.29, 0.717) is 17.8 Å². The van der Waals surface area contributed by atoms with Gasteiger partial charge < -0.3 is 10.6 Å². The number of carbonyl (C=O) groups is 2. The quantitative estimate of drug-likeness (QED) is 0.702. The molecule has 1 aliphatic heterocycles. The molecule has 1 atom stereocenters. The number of hydrogen-bond acceptors (Lipinski definition) is 5. The first-order valence-electron chi connectivity index (χ1n) is 10.1. The fourth-order valence-electron chi connectivity index (χ4n) is 4.14. The van der Waals surface area contributed by atoms with Crippen LogP contribution in [-0.4, -0.2) is 22.9 Å². The van der Waals surface area contributed by atoms with Crippen molar-refractivity contribution in [1.29, 1.82) is 0 Å². The third-order valence-corrected chi connectivity index (χ3v) is 6.37. The molecule has 0 spiro atoms. The van der Waals surface area contributed by atoms with E-state index in [1.807, 2.05) is 50.4 Å². The number of rotatable bonds is 4. The molecule has 2 aromatic rings. The molecular weight excluding hydrogens is 394 g/mol. The van der Waals surface area contributed by atoms with Crippen LogP contribution in [0.25, 0.3) is 0 Å². The van der Waals surface area contributed by atoms with E-state index in [2.05, 4.69) is 15.6 Å². The van der Waals surface area contributed by atoms with E-state index in [0.717, 1.165) is 45.8 Å². The fourth-order valence-corrected chi connectivity index (χ4v) is 4.55. The molecule has 154 valence electrons. The average Bonchev–Trinajstić information content (AvgIpc) is 2.74. The van der Waals surface area contributed by atoms with Crippen LogP contribution < -0.4 is 10.6 Å². The highest BCUT2D eigenvalue weighted by Gasteiger charge is 2.38. The number of nitrogens with zero attached hydrogens (tertiary/aromatic N) is 1. The number of ketones is 1. The Morgan fingerprint density at radius 1 is 1.13 bits per heavy atom. The number of carbonyl (C=O) groups excluding carboxylic acids is 2. The van der Waals surface area contributed by atoms with Gasteiger partial charge in [0.15, 0.2) is 5.78 Å². The standard InChI is InChI=1S/C24H25N3O2S/c1-14-7-12-20(25-13-14)27-24(29)21-15(2)26-18-5-4-6-19(28)23(18)22(21)16-8-10-17(30-3)11-9-16/h7-13,22,26H,4-6H2,1-3H3,(H,25,27,29). The molecule has 2 N–H and O–H groups in total. The molecule has 2 aliphatic rings. The van der Waals surface area contributed by atoms with Crippen LogP contribution in [0.1, 0.15) is 43.2 Å². The van der Waals surface area contributed by atoms with E-state index in [9.17, 15) is 9.59 Å². The highest BCUT2D eigenvalue weighted by atomic mass is 32.2. The Bertz CT molecular complexity index is 1050. The third-order valence-electron chi connectivity index (χ3n) is 5.62. The van der Waals surface area contributed by atoms with Gasteiger partial charge >= 0.3 is 0 Å². The van der Waals surface area contributed by atoms with Gasteiger partial charge in [-0.15, -0.1) is 11.8 Å².